The zero-order valence-electron chi connectivity index (χ0n) is 21.0. The molecule has 2 amide bonds. The smallest absolute Gasteiger partial charge is 0.256 e. The van der Waals surface area contributed by atoms with E-state index in [9.17, 15) is 14.0 Å². The van der Waals surface area contributed by atoms with Gasteiger partial charge in [0, 0.05) is 47.8 Å². The average Bonchev–Trinajstić information content (AvgIpc) is 3.28. The number of amides is 2. The molecule has 2 atom stereocenters. The molecule has 3 N–H and O–H groups in total. The minimum absolute atomic E-state index is 0.108. The summed E-state index contributed by atoms with van der Waals surface area (Å²) in [5.41, 5.74) is 7.08. The second-order valence-electron chi connectivity index (χ2n) is 9.96. The predicted molar refractivity (Wildman–Crippen MR) is 141 cm³/mol. The van der Waals surface area contributed by atoms with Crippen molar-refractivity contribution >= 4 is 29.2 Å². The van der Waals surface area contributed by atoms with Gasteiger partial charge in [-0.2, -0.15) is 0 Å². The Hall–Kier alpha value is -3.71. The summed E-state index contributed by atoms with van der Waals surface area (Å²) in [5.74, 6) is -0.426. The Bertz CT molecular complexity index is 1380. The summed E-state index contributed by atoms with van der Waals surface area (Å²) in [4.78, 5) is 31.5. The van der Waals surface area contributed by atoms with Crippen molar-refractivity contribution in [2.75, 3.05) is 18.4 Å². The number of carbonyl (C=O) groups is 2. The van der Waals surface area contributed by atoms with Gasteiger partial charge in [-0.3, -0.25) is 9.59 Å². The first kappa shape index (κ1) is 24.0. The van der Waals surface area contributed by atoms with E-state index in [4.69, 9.17) is 0 Å². The number of carbonyl (C=O) groups excluding carboxylic acids is 2. The first-order valence-corrected chi connectivity index (χ1v) is 12.4. The lowest BCUT2D eigenvalue weighted by atomic mass is 9.94. The van der Waals surface area contributed by atoms with Crippen molar-refractivity contribution in [3.8, 4) is 11.1 Å². The van der Waals surface area contributed by atoms with E-state index < -0.39 is 0 Å². The van der Waals surface area contributed by atoms with Crippen molar-refractivity contribution in [2.45, 2.75) is 46.2 Å². The minimum atomic E-state index is -0.327. The fourth-order valence-corrected chi connectivity index (χ4v) is 5.45. The van der Waals surface area contributed by atoms with Gasteiger partial charge in [0.1, 0.15) is 5.82 Å². The highest BCUT2D eigenvalue weighted by Gasteiger charge is 2.29. The number of hydrogen-bond donors (Lipinski definition) is 3. The summed E-state index contributed by atoms with van der Waals surface area (Å²) in [7, 11) is 0. The van der Waals surface area contributed by atoms with Gasteiger partial charge in [-0.05, 0) is 74.2 Å². The molecule has 0 aliphatic carbocycles. The van der Waals surface area contributed by atoms with Crippen LogP contribution in [-0.2, 0) is 16.0 Å². The lowest BCUT2D eigenvalue weighted by Crippen LogP contribution is -2.56. The Balaban J connectivity index is 1.49. The molecule has 0 saturated carbocycles. The normalized spacial score (nSPS) is 20.5. The topological polar surface area (TPSA) is 77.2 Å². The molecule has 2 aliphatic heterocycles. The van der Waals surface area contributed by atoms with Crippen molar-refractivity contribution in [3.63, 3.8) is 0 Å². The van der Waals surface area contributed by atoms with E-state index in [0.717, 1.165) is 33.6 Å². The van der Waals surface area contributed by atoms with Crippen LogP contribution >= 0.6 is 0 Å². The lowest BCUT2D eigenvalue weighted by molar-refractivity contribution is -0.132. The van der Waals surface area contributed by atoms with Crippen molar-refractivity contribution in [3.05, 3.63) is 76.4 Å². The molecule has 0 spiro atoms. The van der Waals surface area contributed by atoms with Crippen LogP contribution in [0, 0.1) is 19.7 Å². The van der Waals surface area contributed by atoms with E-state index in [1.807, 2.05) is 49.1 Å². The second kappa shape index (κ2) is 9.39. The number of piperazine rings is 1. The van der Waals surface area contributed by atoms with E-state index in [2.05, 4.69) is 29.5 Å². The Morgan fingerprint density at radius 2 is 1.83 bits per heavy atom. The number of H-pyrrole nitrogens is 1. The van der Waals surface area contributed by atoms with Crippen molar-refractivity contribution in [1.29, 1.82) is 0 Å². The maximum atomic E-state index is 14.0. The number of rotatable bonds is 4. The number of hydrogen-bond acceptors (Lipinski definition) is 3. The Labute approximate surface area is 210 Å². The molecule has 5 rings (SSSR count). The maximum absolute atomic E-state index is 14.0. The van der Waals surface area contributed by atoms with E-state index in [1.165, 1.54) is 12.1 Å². The molecule has 7 heteroatoms. The minimum Gasteiger partial charge on any atom is -0.359 e. The van der Waals surface area contributed by atoms with Crippen LogP contribution in [-0.4, -0.2) is 46.9 Å². The van der Waals surface area contributed by atoms with Crippen LogP contribution in [0.2, 0.25) is 0 Å². The third-order valence-corrected chi connectivity index (χ3v) is 7.12. The highest BCUT2D eigenvalue weighted by Crippen LogP contribution is 2.41. The summed E-state index contributed by atoms with van der Waals surface area (Å²) < 4.78 is 14.0. The van der Waals surface area contributed by atoms with Crippen molar-refractivity contribution in [2.24, 2.45) is 0 Å². The van der Waals surface area contributed by atoms with Crippen LogP contribution in [0.5, 0.6) is 0 Å². The van der Waals surface area contributed by atoms with Crippen LogP contribution in [0.15, 0.2) is 42.5 Å². The molecule has 3 aromatic rings. The number of nitrogens with zero attached hydrogens (tertiary/aromatic N) is 1. The number of aromatic amines is 1. The van der Waals surface area contributed by atoms with E-state index in [1.54, 1.807) is 6.07 Å². The molecule has 0 unspecified atom stereocenters. The predicted octanol–water partition coefficient (Wildman–Crippen LogP) is 4.68. The van der Waals surface area contributed by atoms with Gasteiger partial charge in [0.15, 0.2) is 0 Å². The van der Waals surface area contributed by atoms with E-state index in [0.29, 0.717) is 36.3 Å². The molecular formula is C29H31FN4O2. The van der Waals surface area contributed by atoms with Crippen LogP contribution in [0.3, 0.4) is 0 Å². The lowest BCUT2D eigenvalue weighted by Gasteiger charge is -2.36. The number of aryl methyl sites for hydroxylation is 1. The SMILES string of the molecule is Cc1[nH]c(C=C2C(=O)Nc3cccc(-c4cccc(F)c4)c32)c(C)c1CC(=O)N1C[C@@H](C)N[C@@H](C)C1. The summed E-state index contributed by atoms with van der Waals surface area (Å²) in [6, 6.07) is 12.5. The number of benzene rings is 2. The Morgan fingerprint density at radius 3 is 2.56 bits per heavy atom. The molecule has 1 aromatic heterocycles. The first-order valence-electron chi connectivity index (χ1n) is 12.4. The van der Waals surface area contributed by atoms with Gasteiger partial charge in [-0.15, -0.1) is 0 Å². The molecule has 0 radical (unpaired) electrons. The first-order chi connectivity index (χ1) is 17.2. The fraction of sp³-hybridized carbons (Fsp3) is 0.310. The quantitative estimate of drug-likeness (QED) is 0.469. The van der Waals surface area contributed by atoms with Gasteiger partial charge in [-0.25, -0.2) is 4.39 Å². The van der Waals surface area contributed by atoms with Crippen molar-refractivity contribution < 1.29 is 14.0 Å². The van der Waals surface area contributed by atoms with Crippen molar-refractivity contribution in [1.82, 2.24) is 15.2 Å². The molecule has 1 fully saturated rings. The third-order valence-electron chi connectivity index (χ3n) is 7.12. The molecule has 36 heavy (non-hydrogen) atoms. The highest BCUT2D eigenvalue weighted by molar-refractivity contribution is 6.36. The second-order valence-corrected chi connectivity index (χ2v) is 9.96. The number of nitrogens with one attached hydrogen (secondary N) is 3. The summed E-state index contributed by atoms with van der Waals surface area (Å²) >= 11 is 0. The van der Waals surface area contributed by atoms with Crippen LogP contribution < -0.4 is 10.6 Å². The maximum Gasteiger partial charge on any atom is 0.256 e. The summed E-state index contributed by atoms with van der Waals surface area (Å²) in [5, 5.41) is 6.40. The molecule has 0 bridgehead atoms. The standard InChI is InChI=1S/C29H31FN4O2/c1-16-14-34(15-17(2)31-16)27(35)13-23-18(3)26(32-19(23)4)12-24-28-22(20-7-5-8-21(30)11-20)9-6-10-25(28)33-29(24)36/h5-12,16-17,31-32H,13-15H2,1-4H3,(H,33,36)/t16-,17+. The molecule has 6 nitrogen and oxygen atoms in total. The van der Waals surface area contributed by atoms with E-state index >= 15 is 0 Å². The highest BCUT2D eigenvalue weighted by atomic mass is 19.1. The molecule has 186 valence electrons. The number of fused-ring (bicyclic) bond motifs is 1. The Kier molecular flexibility index (Phi) is 6.26. The zero-order valence-corrected chi connectivity index (χ0v) is 21.0. The van der Waals surface area contributed by atoms with Gasteiger partial charge < -0.3 is 20.5 Å². The third kappa shape index (κ3) is 4.46. The van der Waals surface area contributed by atoms with Crippen LogP contribution in [0.1, 0.15) is 41.9 Å². The Morgan fingerprint density at radius 1 is 1.11 bits per heavy atom. The molecule has 1 saturated heterocycles. The fourth-order valence-electron chi connectivity index (χ4n) is 5.45. The van der Waals surface area contributed by atoms with Crippen LogP contribution in [0.4, 0.5) is 10.1 Å². The number of anilines is 1. The zero-order chi connectivity index (χ0) is 25.6. The van der Waals surface area contributed by atoms with E-state index in [-0.39, 0.29) is 29.7 Å². The average molecular weight is 487 g/mol. The largest absolute Gasteiger partial charge is 0.359 e. The van der Waals surface area contributed by atoms with Gasteiger partial charge in [-0.1, -0.05) is 24.3 Å². The molecule has 3 heterocycles. The summed E-state index contributed by atoms with van der Waals surface area (Å²) in [6.07, 6.45) is 2.16. The monoisotopic (exact) mass is 486 g/mol. The van der Waals surface area contributed by atoms with Gasteiger partial charge in [0.25, 0.3) is 5.91 Å². The number of halogens is 1. The number of aromatic nitrogens is 1. The van der Waals surface area contributed by atoms with Gasteiger partial charge >= 0.3 is 0 Å². The molecule has 2 aromatic carbocycles. The summed E-state index contributed by atoms with van der Waals surface area (Å²) in [6.45, 7) is 9.52. The van der Waals surface area contributed by atoms with Gasteiger partial charge in [0.2, 0.25) is 5.91 Å². The van der Waals surface area contributed by atoms with Crippen LogP contribution in [0.25, 0.3) is 22.8 Å². The molecular weight excluding hydrogens is 455 g/mol. The van der Waals surface area contributed by atoms with Gasteiger partial charge in [0.05, 0.1) is 12.0 Å². The molecule has 2 aliphatic rings.